The summed E-state index contributed by atoms with van der Waals surface area (Å²) in [6.45, 7) is 3.99. The monoisotopic (exact) mass is 378 g/mol. The summed E-state index contributed by atoms with van der Waals surface area (Å²) in [4.78, 5) is 36.2. The number of hydrogen-bond donors (Lipinski definition) is 2. The van der Waals surface area contributed by atoms with Gasteiger partial charge < -0.3 is 5.32 Å². The van der Waals surface area contributed by atoms with Gasteiger partial charge in [0.15, 0.2) is 0 Å². The molecule has 0 radical (unpaired) electrons. The molecular formula is C23H26N2O3. The predicted molar refractivity (Wildman–Crippen MR) is 109 cm³/mol. The molecule has 2 aromatic carbocycles. The molecule has 1 saturated heterocycles. The van der Waals surface area contributed by atoms with Gasteiger partial charge in [0, 0.05) is 18.5 Å². The Balaban J connectivity index is 1.63. The normalized spacial score (nSPS) is 19.2. The number of carbonyl (C=O) groups is 3. The van der Waals surface area contributed by atoms with Crippen molar-refractivity contribution < 1.29 is 14.4 Å². The molecule has 1 atom stereocenters. The molecule has 2 N–H and O–H groups in total. The molecule has 1 unspecified atom stereocenters. The largest absolute Gasteiger partial charge is 0.326 e. The minimum atomic E-state index is -0.679. The van der Waals surface area contributed by atoms with Crippen molar-refractivity contribution in [3.63, 3.8) is 0 Å². The van der Waals surface area contributed by atoms with Crippen LogP contribution in [0.4, 0.5) is 5.69 Å². The van der Waals surface area contributed by atoms with Gasteiger partial charge in [-0.25, -0.2) is 0 Å². The fraction of sp³-hybridized carbons (Fsp3) is 0.348. The highest BCUT2D eigenvalue weighted by Crippen LogP contribution is 2.36. The smallest absolute Gasteiger partial charge is 0.237 e. The molecule has 1 fully saturated rings. The third-order valence-corrected chi connectivity index (χ3v) is 5.51. The van der Waals surface area contributed by atoms with Crippen LogP contribution in [-0.2, 0) is 26.2 Å². The van der Waals surface area contributed by atoms with Crippen LogP contribution in [0.2, 0.25) is 0 Å². The van der Waals surface area contributed by atoms with Crippen LogP contribution in [0.3, 0.4) is 0 Å². The van der Waals surface area contributed by atoms with Crippen LogP contribution in [-0.4, -0.2) is 17.7 Å². The van der Waals surface area contributed by atoms with Gasteiger partial charge >= 0.3 is 0 Å². The second kappa shape index (κ2) is 8.38. The van der Waals surface area contributed by atoms with Crippen molar-refractivity contribution in [3.8, 4) is 0 Å². The van der Waals surface area contributed by atoms with E-state index in [2.05, 4.69) is 16.7 Å². The lowest BCUT2D eigenvalue weighted by Gasteiger charge is -2.35. The van der Waals surface area contributed by atoms with E-state index in [1.165, 1.54) is 5.56 Å². The highest BCUT2D eigenvalue weighted by Gasteiger charge is 2.42. The molecule has 0 spiro atoms. The highest BCUT2D eigenvalue weighted by atomic mass is 16.2. The zero-order valence-electron chi connectivity index (χ0n) is 16.4. The number of rotatable bonds is 6. The minimum Gasteiger partial charge on any atom is -0.326 e. The van der Waals surface area contributed by atoms with Gasteiger partial charge in [-0.2, -0.15) is 0 Å². The van der Waals surface area contributed by atoms with Gasteiger partial charge in [-0.15, -0.1) is 0 Å². The Labute approximate surface area is 165 Å². The maximum absolute atomic E-state index is 12.5. The number of amides is 3. The number of nitrogens with one attached hydrogen (secondary N) is 2. The summed E-state index contributed by atoms with van der Waals surface area (Å²) in [5.74, 6) is -0.492. The van der Waals surface area contributed by atoms with E-state index >= 15 is 0 Å². The lowest BCUT2D eigenvalue weighted by atomic mass is 9.72. The molecular weight excluding hydrogens is 352 g/mol. The van der Waals surface area contributed by atoms with Crippen LogP contribution in [0.25, 0.3) is 0 Å². The van der Waals surface area contributed by atoms with Crippen molar-refractivity contribution in [1.29, 1.82) is 0 Å². The lowest BCUT2D eigenvalue weighted by Crippen LogP contribution is -2.51. The Morgan fingerprint density at radius 3 is 2.54 bits per heavy atom. The Morgan fingerprint density at radius 2 is 1.89 bits per heavy atom. The first-order valence-corrected chi connectivity index (χ1v) is 9.73. The van der Waals surface area contributed by atoms with E-state index in [9.17, 15) is 14.4 Å². The molecule has 146 valence electrons. The van der Waals surface area contributed by atoms with Crippen molar-refractivity contribution in [2.45, 2.75) is 51.4 Å². The molecule has 0 aliphatic carbocycles. The number of anilines is 1. The van der Waals surface area contributed by atoms with E-state index in [4.69, 9.17) is 0 Å². The Bertz CT molecular complexity index is 889. The van der Waals surface area contributed by atoms with Gasteiger partial charge in [0.1, 0.15) is 0 Å². The number of aryl methyl sites for hydroxylation is 2. The van der Waals surface area contributed by atoms with Crippen LogP contribution < -0.4 is 10.6 Å². The lowest BCUT2D eigenvalue weighted by molar-refractivity contribution is -0.138. The van der Waals surface area contributed by atoms with E-state index in [0.717, 1.165) is 11.1 Å². The Morgan fingerprint density at radius 1 is 1.14 bits per heavy atom. The summed E-state index contributed by atoms with van der Waals surface area (Å²) < 4.78 is 0. The molecule has 0 saturated carbocycles. The first kappa shape index (κ1) is 19.8. The zero-order chi connectivity index (χ0) is 20.1. The van der Waals surface area contributed by atoms with Crippen LogP contribution in [0.15, 0.2) is 48.5 Å². The fourth-order valence-corrected chi connectivity index (χ4v) is 3.79. The van der Waals surface area contributed by atoms with Crippen molar-refractivity contribution in [2.24, 2.45) is 0 Å². The summed E-state index contributed by atoms with van der Waals surface area (Å²) >= 11 is 0. The summed E-state index contributed by atoms with van der Waals surface area (Å²) in [6.07, 6.45) is 2.58. The van der Waals surface area contributed by atoms with Crippen molar-refractivity contribution in [1.82, 2.24) is 5.32 Å². The maximum Gasteiger partial charge on any atom is 0.237 e. The first-order valence-electron chi connectivity index (χ1n) is 9.73. The van der Waals surface area contributed by atoms with Gasteiger partial charge in [0.05, 0.1) is 5.41 Å². The molecule has 28 heavy (non-hydrogen) atoms. The van der Waals surface area contributed by atoms with Gasteiger partial charge in [-0.1, -0.05) is 48.9 Å². The third-order valence-electron chi connectivity index (χ3n) is 5.51. The van der Waals surface area contributed by atoms with Gasteiger partial charge in [-0.05, 0) is 49.4 Å². The SMILES string of the molecule is CCC1(c2ccc(NC(=O)CCc3cccc(C)c3)cc2)CCC(=O)NC1=O. The molecule has 1 aliphatic rings. The molecule has 0 aromatic heterocycles. The van der Waals surface area contributed by atoms with E-state index in [-0.39, 0.29) is 17.7 Å². The second-order valence-corrected chi connectivity index (χ2v) is 7.43. The van der Waals surface area contributed by atoms with Gasteiger partial charge in [0.2, 0.25) is 17.7 Å². The van der Waals surface area contributed by atoms with Crippen molar-refractivity contribution in [2.75, 3.05) is 5.32 Å². The fourth-order valence-electron chi connectivity index (χ4n) is 3.79. The minimum absolute atomic E-state index is 0.0412. The zero-order valence-corrected chi connectivity index (χ0v) is 16.4. The summed E-state index contributed by atoms with van der Waals surface area (Å²) in [5.41, 5.74) is 3.23. The topological polar surface area (TPSA) is 75.3 Å². The van der Waals surface area contributed by atoms with Crippen LogP contribution in [0, 0.1) is 6.92 Å². The molecule has 5 nitrogen and oxygen atoms in total. The number of hydrogen-bond acceptors (Lipinski definition) is 3. The van der Waals surface area contributed by atoms with Crippen LogP contribution >= 0.6 is 0 Å². The summed E-state index contributed by atoms with van der Waals surface area (Å²) in [5, 5.41) is 5.37. The summed E-state index contributed by atoms with van der Waals surface area (Å²) in [6, 6.07) is 15.5. The molecule has 2 aromatic rings. The number of benzene rings is 2. The average Bonchev–Trinajstić information content (AvgIpc) is 2.68. The van der Waals surface area contributed by atoms with Crippen LogP contribution in [0.1, 0.15) is 49.3 Å². The third kappa shape index (κ3) is 4.30. The number of carbonyl (C=O) groups excluding carboxylic acids is 3. The maximum atomic E-state index is 12.5. The molecule has 3 rings (SSSR count). The number of piperidine rings is 1. The quantitative estimate of drug-likeness (QED) is 0.754. The molecule has 0 bridgehead atoms. The van der Waals surface area contributed by atoms with Gasteiger partial charge in [0.25, 0.3) is 0 Å². The average molecular weight is 378 g/mol. The van der Waals surface area contributed by atoms with Crippen molar-refractivity contribution >= 4 is 23.4 Å². The molecule has 1 aliphatic heterocycles. The molecule has 1 heterocycles. The summed E-state index contributed by atoms with van der Waals surface area (Å²) in [7, 11) is 0. The van der Waals surface area contributed by atoms with E-state index in [1.54, 1.807) is 0 Å². The second-order valence-electron chi connectivity index (χ2n) is 7.43. The first-order chi connectivity index (χ1) is 13.4. The molecule has 5 heteroatoms. The standard InChI is InChI=1S/C23H26N2O3/c1-3-23(14-13-21(27)25-22(23)28)18-8-10-19(11-9-18)24-20(26)12-7-17-6-4-5-16(2)15-17/h4-6,8-11,15H,3,7,12-14H2,1-2H3,(H,24,26)(H,25,27,28). The number of imide groups is 1. The Hall–Kier alpha value is -2.95. The van der Waals surface area contributed by atoms with E-state index in [0.29, 0.717) is 37.8 Å². The van der Waals surface area contributed by atoms with Gasteiger partial charge in [-0.3, -0.25) is 19.7 Å². The predicted octanol–water partition coefficient (Wildman–Crippen LogP) is 3.65. The molecule has 3 amide bonds. The van der Waals surface area contributed by atoms with E-state index in [1.807, 2.05) is 56.3 Å². The highest BCUT2D eigenvalue weighted by molar-refractivity contribution is 6.03. The van der Waals surface area contributed by atoms with Crippen molar-refractivity contribution in [3.05, 3.63) is 65.2 Å². The van der Waals surface area contributed by atoms with E-state index < -0.39 is 5.41 Å². The van der Waals surface area contributed by atoms with Crippen LogP contribution in [0.5, 0.6) is 0 Å². The Kier molecular flexibility index (Phi) is 5.93.